The SMILES string of the molecule is Cc1noc2nc(C)n(CC(=O)NCCCN3CCOCC3)c(=O)c12. The van der Waals surface area contributed by atoms with E-state index in [0.29, 0.717) is 23.4 Å². The highest BCUT2D eigenvalue weighted by Crippen LogP contribution is 2.11. The Balaban J connectivity index is 1.55. The maximum absolute atomic E-state index is 12.5. The maximum Gasteiger partial charge on any atom is 0.267 e. The molecule has 3 rings (SSSR count). The molecule has 25 heavy (non-hydrogen) atoms. The Morgan fingerprint density at radius 1 is 1.28 bits per heavy atom. The smallest absolute Gasteiger partial charge is 0.267 e. The van der Waals surface area contributed by atoms with E-state index in [1.807, 2.05) is 0 Å². The first kappa shape index (κ1) is 17.6. The van der Waals surface area contributed by atoms with Gasteiger partial charge in [0.2, 0.25) is 5.91 Å². The number of hydrogen-bond donors (Lipinski definition) is 1. The second-order valence-corrected chi connectivity index (χ2v) is 6.16. The van der Waals surface area contributed by atoms with Crippen LogP contribution in [0.1, 0.15) is 17.9 Å². The van der Waals surface area contributed by atoms with Gasteiger partial charge in [-0.25, -0.2) is 0 Å². The third-order valence-corrected chi connectivity index (χ3v) is 4.34. The summed E-state index contributed by atoms with van der Waals surface area (Å²) < 4.78 is 11.7. The first-order chi connectivity index (χ1) is 12.1. The van der Waals surface area contributed by atoms with E-state index < -0.39 is 0 Å². The fraction of sp³-hybridized carbons (Fsp3) is 0.625. The molecule has 9 heteroatoms. The van der Waals surface area contributed by atoms with E-state index in [1.54, 1.807) is 13.8 Å². The average molecular weight is 349 g/mol. The van der Waals surface area contributed by atoms with Gasteiger partial charge in [0.15, 0.2) is 0 Å². The van der Waals surface area contributed by atoms with Crippen LogP contribution in [0.4, 0.5) is 0 Å². The fourth-order valence-electron chi connectivity index (χ4n) is 2.91. The van der Waals surface area contributed by atoms with Crippen LogP contribution in [0.25, 0.3) is 11.1 Å². The van der Waals surface area contributed by atoms with Gasteiger partial charge in [-0.05, 0) is 26.8 Å². The summed E-state index contributed by atoms with van der Waals surface area (Å²) in [6.07, 6.45) is 0.863. The van der Waals surface area contributed by atoms with Gasteiger partial charge in [0, 0.05) is 19.6 Å². The summed E-state index contributed by atoms with van der Waals surface area (Å²) >= 11 is 0. The highest BCUT2D eigenvalue weighted by molar-refractivity contribution is 5.77. The summed E-state index contributed by atoms with van der Waals surface area (Å²) in [6.45, 7) is 8.21. The van der Waals surface area contributed by atoms with E-state index in [4.69, 9.17) is 9.26 Å². The molecule has 2 aromatic heterocycles. The molecule has 0 atom stereocenters. The number of carbonyl (C=O) groups is 1. The Morgan fingerprint density at radius 2 is 2.04 bits per heavy atom. The third-order valence-electron chi connectivity index (χ3n) is 4.34. The number of aryl methyl sites for hydroxylation is 2. The van der Waals surface area contributed by atoms with Gasteiger partial charge >= 0.3 is 0 Å². The largest absolute Gasteiger partial charge is 0.379 e. The molecular formula is C16H23N5O4. The second kappa shape index (κ2) is 7.75. The summed E-state index contributed by atoms with van der Waals surface area (Å²) in [4.78, 5) is 31.2. The summed E-state index contributed by atoms with van der Waals surface area (Å²) in [5.41, 5.74) is 0.388. The Labute approximate surface area is 144 Å². The average Bonchev–Trinajstić information content (AvgIpc) is 2.97. The van der Waals surface area contributed by atoms with Gasteiger partial charge in [-0.3, -0.25) is 19.1 Å². The molecule has 2 aromatic rings. The fourth-order valence-corrected chi connectivity index (χ4v) is 2.91. The number of morpholine rings is 1. The number of hydrogen-bond acceptors (Lipinski definition) is 7. The molecule has 0 aromatic carbocycles. The Kier molecular flexibility index (Phi) is 5.44. The van der Waals surface area contributed by atoms with Crippen molar-refractivity contribution >= 4 is 17.0 Å². The molecule has 1 saturated heterocycles. The van der Waals surface area contributed by atoms with Crippen LogP contribution in [0, 0.1) is 13.8 Å². The lowest BCUT2D eigenvalue weighted by Crippen LogP contribution is -2.39. The third kappa shape index (κ3) is 4.05. The number of amides is 1. The molecule has 0 radical (unpaired) electrons. The van der Waals surface area contributed by atoms with Gasteiger partial charge < -0.3 is 14.6 Å². The number of carbonyl (C=O) groups excluding carboxylic acids is 1. The zero-order valence-corrected chi connectivity index (χ0v) is 14.6. The van der Waals surface area contributed by atoms with Gasteiger partial charge in [0.25, 0.3) is 11.3 Å². The topological polar surface area (TPSA) is 102 Å². The van der Waals surface area contributed by atoms with Gasteiger partial charge in [-0.1, -0.05) is 5.16 Å². The van der Waals surface area contributed by atoms with Crippen LogP contribution in [-0.2, 0) is 16.1 Å². The molecule has 3 heterocycles. The van der Waals surface area contributed by atoms with E-state index in [1.165, 1.54) is 4.57 Å². The van der Waals surface area contributed by atoms with Gasteiger partial charge in [0.05, 0.1) is 18.9 Å². The highest BCUT2D eigenvalue weighted by Gasteiger charge is 2.16. The molecule has 1 aliphatic rings. The van der Waals surface area contributed by atoms with Crippen LogP contribution < -0.4 is 10.9 Å². The molecule has 9 nitrogen and oxygen atoms in total. The zero-order valence-electron chi connectivity index (χ0n) is 14.6. The van der Waals surface area contributed by atoms with Crippen LogP contribution >= 0.6 is 0 Å². The quantitative estimate of drug-likeness (QED) is 0.723. The highest BCUT2D eigenvalue weighted by atomic mass is 16.5. The minimum atomic E-state index is -0.301. The molecular weight excluding hydrogens is 326 g/mol. The first-order valence-electron chi connectivity index (χ1n) is 8.46. The molecule has 1 amide bonds. The monoisotopic (exact) mass is 349 g/mol. The minimum Gasteiger partial charge on any atom is -0.379 e. The number of aromatic nitrogens is 3. The number of fused-ring (bicyclic) bond motifs is 1. The van der Waals surface area contributed by atoms with Crippen LogP contribution in [0.15, 0.2) is 9.32 Å². The van der Waals surface area contributed by atoms with E-state index >= 15 is 0 Å². The minimum absolute atomic E-state index is 0.0597. The predicted octanol–water partition coefficient (Wildman–Crippen LogP) is -0.160. The van der Waals surface area contributed by atoms with E-state index in [0.717, 1.165) is 39.3 Å². The van der Waals surface area contributed by atoms with Crippen LogP contribution in [-0.4, -0.2) is 64.9 Å². The molecule has 1 aliphatic heterocycles. The van der Waals surface area contributed by atoms with Crippen LogP contribution in [0.5, 0.6) is 0 Å². The summed E-state index contributed by atoms with van der Waals surface area (Å²) in [5, 5.41) is 6.94. The van der Waals surface area contributed by atoms with Crippen molar-refractivity contribution in [2.75, 3.05) is 39.4 Å². The Bertz CT molecular complexity index is 807. The lowest BCUT2D eigenvalue weighted by atomic mass is 10.3. The first-order valence-corrected chi connectivity index (χ1v) is 8.46. The van der Waals surface area contributed by atoms with Gasteiger partial charge in [-0.2, -0.15) is 4.98 Å². The van der Waals surface area contributed by atoms with E-state index in [9.17, 15) is 9.59 Å². The molecule has 0 saturated carbocycles. The molecule has 0 bridgehead atoms. The lowest BCUT2D eigenvalue weighted by Gasteiger charge is -2.26. The van der Waals surface area contributed by atoms with Gasteiger partial charge in [0.1, 0.15) is 17.8 Å². The number of nitrogens with one attached hydrogen (secondary N) is 1. The molecule has 0 unspecified atom stereocenters. The summed E-state index contributed by atoms with van der Waals surface area (Å²) in [5.74, 6) is 0.222. The number of nitrogens with zero attached hydrogens (tertiary/aromatic N) is 4. The Hall–Kier alpha value is -2.26. The van der Waals surface area contributed by atoms with Crippen molar-refractivity contribution in [3.8, 4) is 0 Å². The molecule has 0 spiro atoms. The standard InChI is InChI=1S/C16H23N5O4/c1-11-14-15(25-19-11)18-12(2)21(16(14)23)10-13(22)17-4-3-5-20-6-8-24-9-7-20/h3-10H2,1-2H3,(H,17,22). The lowest BCUT2D eigenvalue weighted by molar-refractivity contribution is -0.121. The predicted molar refractivity (Wildman–Crippen MR) is 90.4 cm³/mol. The van der Waals surface area contributed by atoms with Crippen molar-refractivity contribution in [1.29, 1.82) is 0 Å². The van der Waals surface area contributed by atoms with Crippen molar-refractivity contribution in [3.05, 3.63) is 21.9 Å². The maximum atomic E-state index is 12.5. The van der Waals surface area contributed by atoms with E-state index in [2.05, 4.69) is 20.4 Å². The van der Waals surface area contributed by atoms with Crippen molar-refractivity contribution in [2.45, 2.75) is 26.8 Å². The molecule has 0 aliphatic carbocycles. The van der Waals surface area contributed by atoms with Crippen molar-refractivity contribution in [3.63, 3.8) is 0 Å². The van der Waals surface area contributed by atoms with Crippen molar-refractivity contribution < 1.29 is 14.1 Å². The van der Waals surface area contributed by atoms with E-state index in [-0.39, 0.29) is 23.7 Å². The van der Waals surface area contributed by atoms with Crippen molar-refractivity contribution in [2.24, 2.45) is 0 Å². The summed E-state index contributed by atoms with van der Waals surface area (Å²) in [7, 11) is 0. The zero-order chi connectivity index (χ0) is 17.8. The molecule has 1 fully saturated rings. The van der Waals surface area contributed by atoms with Gasteiger partial charge in [-0.15, -0.1) is 0 Å². The Morgan fingerprint density at radius 3 is 2.80 bits per heavy atom. The number of rotatable bonds is 6. The molecule has 136 valence electrons. The number of ether oxygens (including phenoxy) is 1. The second-order valence-electron chi connectivity index (χ2n) is 6.16. The normalized spacial score (nSPS) is 15.6. The van der Waals surface area contributed by atoms with Crippen molar-refractivity contribution in [1.82, 2.24) is 24.9 Å². The van der Waals surface area contributed by atoms with Crippen LogP contribution in [0.3, 0.4) is 0 Å². The molecule has 1 N–H and O–H groups in total. The van der Waals surface area contributed by atoms with Crippen LogP contribution in [0.2, 0.25) is 0 Å². The summed E-state index contributed by atoms with van der Waals surface area (Å²) in [6, 6.07) is 0.